The lowest BCUT2D eigenvalue weighted by Crippen LogP contribution is -2.52. The molecular weight excluding hydrogens is 356 g/mol. The van der Waals surface area contributed by atoms with Gasteiger partial charge in [0.25, 0.3) is 5.91 Å². The monoisotopic (exact) mass is 376 g/mol. The van der Waals surface area contributed by atoms with Crippen LogP contribution < -0.4 is 10.0 Å². The van der Waals surface area contributed by atoms with Crippen molar-refractivity contribution < 1.29 is 17.7 Å². The van der Waals surface area contributed by atoms with E-state index in [9.17, 15) is 13.2 Å². The van der Waals surface area contributed by atoms with Gasteiger partial charge in [-0.3, -0.25) is 4.79 Å². The zero-order chi connectivity index (χ0) is 18.3. The first-order valence-corrected chi connectivity index (χ1v) is 10.0. The third kappa shape index (κ3) is 3.08. The molecule has 26 heavy (non-hydrogen) atoms. The maximum Gasteiger partial charge on any atom is 0.292 e. The summed E-state index contributed by atoms with van der Waals surface area (Å²) in [5.74, 6) is 0.164. The Hall–Kier alpha value is -2.39. The summed E-state index contributed by atoms with van der Waals surface area (Å²) >= 11 is 0. The van der Waals surface area contributed by atoms with E-state index in [1.165, 1.54) is 0 Å². The van der Waals surface area contributed by atoms with Crippen LogP contribution in [-0.2, 0) is 10.0 Å². The van der Waals surface area contributed by atoms with Crippen molar-refractivity contribution in [3.8, 4) is 0 Å². The summed E-state index contributed by atoms with van der Waals surface area (Å²) in [6, 6.07) is 8.50. The summed E-state index contributed by atoms with van der Waals surface area (Å²) in [5.41, 5.74) is 1.29. The van der Waals surface area contributed by atoms with Gasteiger partial charge in [0.15, 0.2) is 0 Å². The number of aromatic nitrogens is 1. The smallest absolute Gasteiger partial charge is 0.292 e. The fraction of sp³-hybridized carbons (Fsp3) is 0.412. The first kappa shape index (κ1) is 17.0. The van der Waals surface area contributed by atoms with Crippen LogP contribution in [0.3, 0.4) is 0 Å². The van der Waals surface area contributed by atoms with Crippen LogP contribution in [0.4, 0.5) is 5.69 Å². The van der Waals surface area contributed by atoms with Crippen LogP contribution in [0.5, 0.6) is 0 Å². The van der Waals surface area contributed by atoms with E-state index in [2.05, 4.69) is 15.2 Å². The second kappa shape index (κ2) is 6.40. The SMILES string of the molecule is Cc1cc(C(=O)N2CCC(C3Nc4ccccc4S(=O)(=O)N3)CC2)on1. The highest BCUT2D eigenvalue weighted by molar-refractivity contribution is 7.89. The zero-order valence-corrected chi connectivity index (χ0v) is 15.1. The average molecular weight is 376 g/mol. The molecule has 0 saturated carbocycles. The molecule has 1 aromatic heterocycles. The molecule has 1 fully saturated rings. The third-order valence-electron chi connectivity index (χ3n) is 4.91. The number of piperidine rings is 1. The highest BCUT2D eigenvalue weighted by Gasteiger charge is 2.36. The number of amides is 1. The summed E-state index contributed by atoms with van der Waals surface area (Å²) < 4.78 is 32.7. The van der Waals surface area contributed by atoms with Gasteiger partial charge < -0.3 is 14.7 Å². The zero-order valence-electron chi connectivity index (χ0n) is 14.3. The van der Waals surface area contributed by atoms with Crippen molar-refractivity contribution in [3.63, 3.8) is 0 Å². The number of carbonyl (C=O) groups excluding carboxylic acids is 1. The van der Waals surface area contributed by atoms with E-state index in [1.807, 2.05) is 6.07 Å². The van der Waals surface area contributed by atoms with E-state index in [4.69, 9.17) is 4.52 Å². The van der Waals surface area contributed by atoms with Gasteiger partial charge in [-0.1, -0.05) is 17.3 Å². The van der Waals surface area contributed by atoms with Crippen molar-refractivity contribution in [2.24, 2.45) is 5.92 Å². The number of carbonyl (C=O) groups is 1. The van der Waals surface area contributed by atoms with Crippen molar-refractivity contribution in [1.29, 1.82) is 0 Å². The van der Waals surface area contributed by atoms with Gasteiger partial charge in [-0.25, -0.2) is 8.42 Å². The van der Waals surface area contributed by atoms with Gasteiger partial charge >= 0.3 is 0 Å². The minimum atomic E-state index is -3.53. The van der Waals surface area contributed by atoms with Crippen LogP contribution in [0.25, 0.3) is 0 Å². The molecule has 0 aliphatic carbocycles. The number of benzene rings is 1. The number of aryl methyl sites for hydroxylation is 1. The molecule has 4 rings (SSSR count). The summed E-state index contributed by atoms with van der Waals surface area (Å²) in [5, 5.41) is 7.03. The number of rotatable bonds is 2. The Bertz CT molecular complexity index is 932. The molecule has 1 aromatic carbocycles. The third-order valence-corrected chi connectivity index (χ3v) is 6.41. The maximum atomic E-state index is 12.5. The Morgan fingerprint density at radius 1 is 1.27 bits per heavy atom. The van der Waals surface area contributed by atoms with E-state index < -0.39 is 10.0 Å². The molecule has 8 nitrogen and oxygen atoms in total. The van der Waals surface area contributed by atoms with Crippen LogP contribution in [0.15, 0.2) is 39.8 Å². The van der Waals surface area contributed by atoms with E-state index in [0.29, 0.717) is 37.3 Å². The number of fused-ring (bicyclic) bond motifs is 1. The van der Waals surface area contributed by atoms with Gasteiger partial charge in [0.2, 0.25) is 15.8 Å². The second-order valence-corrected chi connectivity index (χ2v) is 8.38. The molecule has 0 spiro atoms. The largest absolute Gasteiger partial charge is 0.368 e. The van der Waals surface area contributed by atoms with E-state index in [-0.39, 0.29) is 28.6 Å². The second-order valence-electron chi connectivity index (χ2n) is 6.70. The topological polar surface area (TPSA) is 105 Å². The molecule has 1 atom stereocenters. The minimum absolute atomic E-state index is 0.0960. The molecule has 1 saturated heterocycles. The van der Waals surface area contributed by atoms with Gasteiger partial charge in [-0.05, 0) is 37.8 Å². The fourth-order valence-corrected chi connectivity index (χ4v) is 4.90. The number of likely N-dealkylation sites (tertiary alicyclic amines) is 1. The number of nitrogens with zero attached hydrogens (tertiary/aromatic N) is 2. The Labute approximate surface area is 151 Å². The van der Waals surface area contributed by atoms with Crippen LogP contribution in [-0.4, -0.2) is 43.6 Å². The lowest BCUT2D eigenvalue weighted by Gasteiger charge is -2.38. The number of sulfonamides is 1. The molecule has 3 heterocycles. The average Bonchev–Trinajstić information content (AvgIpc) is 3.07. The summed E-state index contributed by atoms with van der Waals surface area (Å²) in [7, 11) is -3.53. The number of hydrogen-bond acceptors (Lipinski definition) is 6. The Kier molecular flexibility index (Phi) is 4.20. The molecule has 2 aliphatic rings. The highest BCUT2D eigenvalue weighted by Crippen LogP contribution is 2.31. The quantitative estimate of drug-likeness (QED) is 0.824. The lowest BCUT2D eigenvalue weighted by atomic mass is 9.93. The number of anilines is 1. The van der Waals surface area contributed by atoms with Crippen LogP contribution in [0.2, 0.25) is 0 Å². The molecule has 2 aromatic rings. The predicted molar refractivity (Wildman–Crippen MR) is 94.0 cm³/mol. The Balaban J connectivity index is 1.43. The molecule has 2 aliphatic heterocycles. The Morgan fingerprint density at radius 2 is 2.00 bits per heavy atom. The van der Waals surface area contributed by atoms with E-state index in [0.717, 1.165) is 0 Å². The van der Waals surface area contributed by atoms with Crippen molar-refractivity contribution in [2.45, 2.75) is 30.8 Å². The summed E-state index contributed by atoms with van der Waals surface area (Å²) in [6.45, 7) is 2.86. The number of hydrogen-bond donors (Lipinski definition) is 2. The number of para-hydroxylation sites is 1. The van der Waals surface area contributed by atoms with Crippen LogP contribution in [0.1, 0.15) is 29.1 Å². The van der Waals surface area contributed by atoms with Gasteiger partial charge in [-0.15, -0.1) is 0 Å². The van der Waals surface area contributed by atoms with Crippen LogP contribution >= 0.6 is 0 Å². The minimum Gasteiger partial charge on any atom is -0.368 e. The Morgan fingerprint density at radius 3 is 2.69 bits per heavy atom. The lowest BCUT2D eigenvalue weighted by molar-refractivity contribution is 0.0637. The van der Waals surface area contributed by atoms with Gasteiger partial charge in [0, 0.05) is 19.2 Å². The highest BCUT2D eigenvalue weighted by atomic mass is 32.2. The first-order chi connectivity index (χ1) is 12.4. The molecule has 0 bridgehead atoms. The summed E-state index contributed by atoms with van der Waals surface area (Å²) in [4.78, 5) is 14.4. The summed E-state index contributed by atoms with van der Waals surface area (Å²) in [6.07, 6.45) is 1.02. The molecule has 0 radical (unpaired) electrons. The molecular formula is C17H20N4O4S. The molecule has 1 unspecified atom stereocenters. The van der Waals surface area contributed by atoms with Crippen molar-refractivity contribution in [2.75, 3.05) is 18.4 Å². The van der Waals surface area contributed by atoms with E-state index in [1.54, 1.807) is 36.1 Å². The van der Waals surface area contributed by atoms with E-state index >= 15 is 0 Å². The van der Waals surface area contributed by atoms with Crippen molar-refractivity contribution in [1.82, 2.24) is 14.8 Å². The molecule has 1 amide bonds. The standard InChI is InChI=1S/C17H20N4O4S/c1-11-10-14(25-19-11)17(22)21-8-6-12(7-9-21)16-18-13-4-2-3-5-15(13)26(23,24)20-16/h2-5,10,12,16,18,20H,6-9H2,1H3. The van der Waals surface area contributed by atoms with Gasteiger partial charge in [-0.2, -0.15) is 4.72 Å². The maximum absolute atomic E-state index is 12.5. The fourth-order valence-electron chi connectivity index (χ4n) is 3.52. The van der Waals surface area contributed by atoms with Crippen LogP contribution in [0, 0.1) is 12.8 Å². The molecule has 2 N–H and O–H groups in total. The van der Waals surface area contributed by atoms with Gasteiger partial charge in [0.05, 0.1) is 17.5 Å². The van der Waals surface area contributed by atoms with Gasteiger partial charge in [0.1, 0.15) is 4.90 Å². The molecule has 9 heteroatoms. The normalized spacial score (nSPS) is 22.5. The van der Waals surface area contributed by atoms with Crippen molar-refractivity contribution in [3.05, 3.63) is 41.8 Å². The predicted octanol–water partition coefficient (Wildman–Crippen LogP) is 1.57. The number of nitrogens with one attached hydrogen (secondary N) is 2. The first-order valence-electron chi connectivity index (χ1n) is 8.54. The molecule has 138 valence electrons. The van der Waals surface area contributed by atoms with Crippen molar-refractivity contribution >= 4 is 21.6 Å².